The van der Waals surface area contributed by atoms with Crippen molar-refractivity contribution in [2.24, 2.45) is 0 Å². The number of rotatable bonds is 3. The van der Waals surface area contributed by atoms with Crippen LogP contribution in [0.4, 0.5) is 8.78 Å². The summed E-state index contributed by atoms with van der Waals surface area (Å²) in [7, 11) is -3.92. The van der Waals surface area contributed by atoms with Gasteiger partial charge in [-0.25, -0.2) is 17.2 Å². The van der Waals surface area contributed by atoms with E-state index >= 15 is 0 Å². The minimum Gasteiger partial charge on any atom is -0.316 e. The van der Waals surface area contributed by atoms with Crippen LogP contribution >= 0.6 is 0 Å². The van der Waals surface area contributed by atoms with E-state index < -0.39 is 21.5 Å². The van der Waals surface area contributed by atoms with Crippen molar-refractivity contribution < 1.29 is 17.2 Å². The largest absolute Gasteiger partial charge is 0.316 e. The zero-order valence-corrected chi connectivity index (χ0v) is 12.5. The number of benzene rings is 2. The maximum Gasteiger partial charge on any atom is 0.206 e. The molecular formula is C16H15F2NO2S. The van der Waals surface area contributed by atoms with E-state index in [1.807, 2.05) is 0 Å². The van der Waals surface area contributed by atoms with Gasteiger partial charge < -0.3 is 5.32 Å². The molecule has 1 unspecified atom stereocenters. The van der Waals surface area contributed by atoms with E-state index in [-0.39, 0.29) is 15.7 Å². The van der Waals surface area contributed by atoms with Crippen molar-refractivity contribution in [3.05, 3.63) is 59.7 Å². The Bertz CT molecular complexity index is 800. The van der Waals surface area contributed by atoms with Crippen molar-refractivity contribution in [1.29, 1.82) is 0 Å². The first-order valence-electron chi connectivity index (χ1n) is 6.99. The summed E-state index contributed by atoms with van der Waals surface area (Å²) in [6.07, 6.45) is 0.826. The second-order valence-corrected chi connectivity index (χ2v) is 7.28. The third-order valence-electron chi connectivity index (χ3n) is 3.89. The van der Waals surface area contributed by atoms with Crippen LogP contribution in [0.2, 0.25) is 0 Å². The van der Waals surface area contributed by atoms with Crippen LogP contribution in [0.3, 0.4) is 0 Å². The third-order valence-corrected chi connectivity index (χ3v) is 5.64. The molecule has 3 rings (SSSR count). The summed E-state index contributed by atoms with van der Waals surface area (Å²) < 4.78 is 52.3. The van der Waals surface area contributed by atoms with Crippen LogP contribution in [0.25, 0.3) is 0 Å². The van der Waals surface area contributed by atoms with E-state index in [1.54, 1.807) is 0 Å². The van der Waals surface area contributed by atoms with Crippen LogP contribution in [0.1, 0.15) is 17.9 Å². The van der Waals surface area contributed by atoms with Crippen LogP contribution in [0.15, 0.2) is 52.3 Å². The Hall–Kier alpha value is -1.79. The standard InChI is InChI=1S/C16H15F2NO2S/c17-12-2-1-3-13(8-12)22(20,21)14-4-5-15(16(18)9-14)11-6-7-19-10-11/h1-5,8-9,11,19H,6-7,10H2. The van der Waals surface area contributed by atoms with Crippen molar-refractivity contribution in [2.45, 2.75) is 22.1 Å². The van der Waals surface area contributed by atoms with E-state index in [0.717, 1.165) is 31.2 Å². The van der Waals surface area contributed by atoms with E-state index in [0.29, 0.717) is 12.1 Å². The normalized spacial score (nSPS) is 18.5. The summed E-state index contributed by atoms with van der Waals surface area (Å²) in [5.74, 6) is -1.12. The predicted molar refractivity (Wildman–Crippen MR) is 78.5 cm³/mol. The highest BCUT2D eigenvalue weighted by Crippen LogP contribution is 2.28. The van der Waals surface area contributed by atoms with Gasteiger partial charge in [-0.2, -0.15) is 0 Å². The maximum absolute atomic E-state index is 14.3. The van der Waals surface area contributed by atoms with Gasteiger partial charge in [-0.15, -0.1) is 0 Å². The van der Waals surface area contributed by atoms with Crippen LogP contribution in [0.5, 0.6) is 0 Å². The second kappa shape index (κ2) is 5.78. The molecule has 1 aliphatic heterocycles. The molecule has 0 saturated carbocycles. The molecule has 0 bridgehead atoms. The Labute approximate surface area is 127 Å². The van der Waals surface area contributed by atoms with Crippen LogP contribution in [-0.2, 0) is 9.84 Å². The van der Waals surface area contributed by atoms with Crippen LogP contribution in [0, 0.1) is 11.6 Å². The molecule has 1 aliphatic rings. The van der Waals surface area contributed by atoms with E-state index in [9.17, 15) is 17.2 Å². The fourth-order valence-electron chi connectivity index (χ4n) is 2.70. The van der Waals surface area contributed by atoms with Gasteiger partial charge in [0.05, 0.1) is 9.79 Å². The Morgan fingerprint density at radius 2 is 1.82 bits per heavy atom. The van der Waals surface area contributed by atoms with Gasteiger partial charge in [0.2, 0.25) is 9.84 Å². The first-order chi connectivity index (χ1) is 10.5. The highest BCUT2D eigenvalue weighted by Gasteiger charge is 2.23. The zero-order chi connectivity index (χ0) is 15.7. The summed E-state index contributed by atoms with van der Waals surface area (Å²) in [5, 5.41) is 3.15. The van der Waals surface area contributed by atoms with Crippen molar-refractivity contribution in [1.82, 2.24) is 5.32 Å². The van der Waals surface area contributed by atoms with Crippen LogP contribution in [-0.4, -0.2) is 21.5 Å². The summed E-state index contributed by atoms with van der Waals surface area (Å²) >= 11 is 0. The Morgan fingerprint density at radius 3 is 2.45 bits per heavy atom. The molecule has 116 valence electrons. The van der Waals surface area contributed by atoms with Gasteiger partial charge in [0.25, 0.3) is 0 Å². The maximum atomic E-state index is 14.3. The molecule has 1 heterocycles. The fraction of sp³-hybridized carbons (Fsp3) is 0.250. The van der Waals surface area contributed by atoms with Gasteiger partial charge in [-0.1, -0.05) is 12.1 Å². The molecular weight excluding hydrogens is 308 g/mol. The summed E-state index contributed by atoms with van der Waals surface area (Å²) in [6, 6.07) is 8.63. The lowest BCUT2D eigenvalue weighted by molar-refractivity contribution is 0.575. The monoisotopic (exact) mass is 323 g/mol. The molecule has 1 N–H and O–H groups in total. The average Bonchev–Trinajstić information content (AvgIpc) is 3.01. The quantitative estimate of drug-likeness (QED) is 0.945. The molecule has 0 amide bonds. The van der Waals surface area contributed by atoms with E-state index in [2.05, 4.69) is 5.32 Å². The number of hydrogen-bond donors (Lipinski definition) is 1. The summed E-state index contributed by atoms with van der Waals surface area (Å²) in [5.41, 5.74) is 0.517. The third kappa shape index (κ3) is 2.76. The first kappa shape index (κ1) is 15.1. The molecule has 0 spiro atoms. The zero-order valence-electron chi connectivity index (χ0n) is 11.7. The number of sulfone groups is 1. The summed E-state index contributed by atoms with van der Waals surface area (Å²) in [4.78, 5) is -0.340. The molecule has 0 aromatic heterocycles. The predicted octanol–water partition coefficient (Wildman–Crippen LogP) is 2.87. The van der Waals surface area contributed by atoms with Crippen LogP contribution < -0.4 is 5.32 Å². The number of hydrogen-bond acceptors (Lipinski definition) is 3. The molecule has 6 heteroatoms. The van der Waals surface area contributed by atoms with Crippen molar-refractivity contribution in [3.63, 3.8) is 0 Å². The topological polar surface area (TPSA) is 46.2 Å². The lowest BCUT2D eigenvalue weighted by atomic mass is 9.98. The highest BCUT2D eigenvalue weighted by molar-refractivity contribution is 7.91. The second-order valence-electron chi connectivity index (χ2n) is 5.33. The SMILES string of the molecule is O=S(=O)(c1cccc(F)c1)c1ccc(C2CCNC2)c(F)c1. The lowest BCUT2D eigenvalue weighted by Gasteiger charge is -2.12. The molecule has 1 atom stereocenters. The van der Waals surface area contributed by atoms with E-state index in [1.165, 1.54) is 24.3 Å². The minimum atomic E-state index is -3.92. The van der Waals surface area contributed by atoms with Gasteiger partial charge in [0, 0.05) is 12.5 Å². The Morgan fingerprint density at radius 1 is 1.05 bits per heavy atom. The summed E-state index contributed by atoms with van der Waals surface area (Å²) in [6.45, 7) is 1.51. The van der Waals surface area contributed by atoms with Crippen molar-refractivity contribution in [3.8, 4) is 0 Å². The number of halogens is 2. The van der Waals surface area contributed by atoms with Crippen molar-refractivity contribution in [2.75, 3.05) is 13.1 Å². The molecule has 1 saturated heterocycles. The Kier molecular flexibility index (Phi) is 3.97. The molecule has 0 radical (unpaired) electrons. The van der Waals surface area contributed by atoms with E-state index in [4.69, 9.17) is 0 Å². The first-order valence-corrected chi connectivity index (χ1v) is 8.47. The van der Waals surface area contributed by atoms with Gasteiger partial charge in [-0.3, -0.25) is 0 Å². The Balaban J connectivity index is 1.99. The smallest absolute Gasteiger partial charge is 0.206 e. The molecule has 22 heavy (non-hydrogen) atoms. The lowest BCUT2D eigenvalue weighted by Crippen LogP contribution is -2.10. The number of nitrogens with one attached hydrogen (secondary N) is 1. The molecule has 3 nitrogen and oxygen atoms in total. The van der Waals surface area contributed by atoms with Gasteiger partial charge >= 0.3 is 0 Å². The van der Waals surface area contributed by atoms with Gasteiger partial charge in [0.1, 0.15) is 11.6 Å². The van der Waals surface area contributed by atoms with Gasteiger partial charge in [-0.05, 0) is 48.9 Å². The molecule has 1 fully saturated rings. The van der Waals surface area contributed by atoms with Crippen molar-refractivity contribution >= 4 is 9.84 Å². The fourth-order valence-corrected chi connectivity index (χ4v) is 4.00. The highest BCUT2D eigenvalue weighted by atomic mass is 32.2. The molecule has 2 aromatic carbocycles. The average molecular weight is 323 g/mol. The minimum absolute atomic E-state index is 0.0610. The van der Waals surface area contributed by atoms with Gasteiger partial charge in [0.15, 0.2) is 0 Å². The molecule has 2 aromatic rings. The molecule has 0 aliphatic carbocycles.